The molecule has 1 saturated heterocycles. The highest BCUT2D eigenvalue weighted by Crippen LogP contribution is 2.34. The molecule has 1 aliphatic heterocycles. The van der Waals surface area contributed by atoms with Gasteiger partial charge in [-0.25, -0.2) is 26.3 Å². The number of aryl methyl sites for hydroxylation is 1. The number of piperidine rings is 1. The SMILES string of the molecule is CNS(=O)(=O)CC1C[C@@H](c2ccc(F)c(F)c2)[C@H](NC(=O)c2ccc(-c3c(Cl)cnn3C)c(F)c2)CN1C. The van der Waals surface area contributed by atoms with Gasteiger partial charge >= 0.3 is 0 Å². The van der Waals surface area contributed by atoms with E-state index in [-0.39, 0.29) is 34.9 Å². The van der Waals surface area contributed by atoms with Gasteiger partial charge in [-0.2, -0.15) is 5.10 Å². The van der Waals surface area contributed by atoms with E-state index >= 15 is 4.39 Å². The number of sulfonamides is 1. The first-order valence-corrected chi connectivity index (χ1v) is 13.8. The number of nitrogens with one attached hydrogen (secondary N) is 2. The Morgan fingerprint density at radius 3 is 2.45 bits per heavy atom. The highest BCUT2D eigenvalue weighted by atomic mass is 35.5. The number of likely N-dealkylation sites (N-methyl/N-ethyl adjacent to an activating group) is 1. The van der Waals surface area contributed by atoms with Gasteiger partial charge in [0, 0.05) is 42.7 Å². The van der Waals surface area contributed by atoms with Crippen LogP contribution in [0.5, 0.6) is 0 Å². The summed E-state index contributed by atoms with van der Waals surface area (Å²) in [5.74, 6) is -4.03. The predicted molar refractivity (Wildman–Crippen MR) is 138 cm³/mol. The van der Waals surface area contributed by atoms with Crippen molar-refractivity contribution < 1.29 is 26.4 Å². The quantitative estimate of drug-likeness (QED) is 0.455. The minimum atomic E-state index is -3.56. The van der Waals surface area contributed by atoms with Gasteiger partial charge in [0.05, 0.1) is 22.7 Å². The molecule has 0 spiro atoms. The standard InChI is InChI=1S/C25H27ClF3N5O3S/c1-30-38(36,37)13-16-10-18(14-5-7-20(27)22(29)8-14)23(12-33(16)2)32-25(35)15-4-6-17(21(28)9-15)24-19(26)11-31-34(24)3/h4-9,11,16,18,23,30H,10,12-13H2,1-3H3,(H,32,35)/t16?,18-,23+/m0/s1. The van der Waals surface area contributed by atoms with Crippen LogP contribution < -0.4 is 10.0 Å². The summed E-state index contributed by atoms with van der Waals surface area (Å²) in [6.07, 6.45) is 1.64. The van der Waals surface area contributed by atoms with E-state index < -0.39 is 51.4 Å². The van der Waals surface area contributed by atoms with Crippen LogP contribution in [0, 0.1) is 17.5 Å². The molecule has 4 rings (SSSR count). The summed E-state index contributed by atoms with van der Waals surface area (Å²) in [6, 6.07) is 6.42. The number of rotatable bonds is 7. The Morgan fingerprint density at radius 1 is 1.11 bits per heavy atom. The summed E-state index contributed by atoms with van der Waals surface area (Å²) in [4.78, 5) is 15.0. The lowest BCUT2D eigenvalue weighted by Crippen LogP contribution is -2.56. The number of nitrogens with zero attached hydrogens (tertiary/aromatic N) is 3. The number of hydrogen-bond donors (Lipinski definition) is 2. The monoisotopic (exact) mass is 569 g/mol. The first kappa shape index (κ1) is 28.1. The van der Waals surface area contributed by atoms with Crippen molar-refractivity contribution in [1.29, 1.82) is 0 Å². The smallest absolute Gasteiger partial charge is 0.251 e. The lowest BCUT2D eigenvalue weighted by atomic mass is 9.82. The van der Waals surface area contributed by atoms with Crippen LogP contribution in [0.3, 0.4) is 0 Å². The molecule has 2 N–H and O–H groups in total. The third kappa shape index (κ3) is 5.88. The minimum Gasteiger partial charge on any atom is -0.347 e. The van der Waals surface area contributed by atoms with Gasteiger partial charge in [-0.15, -0.1) is 0 Å². The fourth-order valence-electron chi connectivity index (χ4n) is 4.83. The van der Waals surface area contributed by atoms with Crippen LogP contribution >= 0.6 is 11.6 Å². The Kier molecular flexibility index (Phi) is 8.17. The van der Waals surface area contributed by atoms with E-state index in [1.54, 1.807) is 19.0 Å². The van der Waals surface area contributed by atoms with Crippen LogP contribution in [0.4, 0.5) is 13.2 Å². The topological polar surface area (TPSA) is 96.3 Å². The summed E-state index contributed by atoms with van der Waals surface area (Å²) in [5.41, 5.74) is 1.01. The van der Waals surface area contributed by atoms with E-state index in [9.17, 15) is 22.0 Å². The van der Waals surface area contributed by atoms with Gasteiger partial charge in [-0.05, 0) is 56.4 Å². The molecular weight excluding hydrogens is 543 g/mol. The van der Waals surface area contributed by atoms with E-state index in [1.807, 2.05) is 0 Å². The molecule has 0 saturated carbocycles. The summed E-state index contributed by atoms with van der Waals surface area (Å²) in [5, 5.41) is 7.14. The zero-order valence-electron chi connectivity index (χ0n) is 20.9. The van der Waals surface area contributed by atoms with Gasteiger partial charge in [0.25, 0.3) is 5.91 Å². The summed E-state index contributed by atoms with van der Waals surface area (Å²) < 4.78 is 70.9. The number of aromatic nitrogens is 2. The van der Waals surface area contributed by atoms with Crippen LogP contribution in [0.2, 0.25) is 5.02 Å². The summed E-state index contributed by atoms with van der Waals surface area (Å²) >= 11 is 6.13. The molecule has 2 heterocycles. The third-order valence-corrected chi connectivity index (χ3v) is 8.63. The largest absolute Gasteiger partial charge is 0.347 e. The van der Waals surface area contributed by atoms with Crippen molar-refractivity contribution in [3.63, 3.8) is 0 Å². The Bertz CT molecular complexity index is 1450. The molecule has 8 nitrogen and oxygen atoms in total. The van der Waals surface area contributed by atoms with E-state index in [1.165, 1.54) is 36.1 Å². The molecule has 0 aliphatic carbocycles. The van der Waals surface area contributed by atoms with Crippen molar-refractivity contribution in [3.8, 4) is 11.3 Å². The van der Waals surface area contributed by atoms with Crippen LogP contribution in [-0.4, -0.2) is 67.5 Å². The van der Waals surface area contributed by atoms with Crippen LogP contribution in [0.25, 0.3) is 11.3 Å². The fraction of sp³-hybridized carbons (Fsp3) is 0.360. The second kappa shape index (κ2) is 11.0. The average molecular weight is 570 g/mol. The van der Waals surface area contributed by atoms with Crippen molar-refractivity contribution >= 4 is 27.5 Å². The third-order valence-electron chi connectivity index (χ3n) is 6.91. The van der Waals surface area contributed by atoms with E-state index in [0.717, 1.165) is 18.2 Å². The molecule has 1 amide bonds. The van der Waals surface area contributed by atoms with E-state index in [2.05, 4.69) is 15.1 Å². The second-order valence-electron chi connectivity index (χ2n) is 9.33. The Balaban J connectivity index is 1.61. The van der Waals surface area contributed by atoms with Crippen LogP contribution in [0.15, 0.2) is 42.6 Å². The fourth-order valence-corrected chi connectivity index (χ4v) is 6.16. The Labute approximate surface area is 223 Å². The van der Waals surface area contributed by atoms with Gasteiger partial charge < -0.3 is 10.2 Å². The van der Waals surface area contributed by atoms with Crippen LogP contribution in [-0.2, 0) is 17.1 Å². The number of likely N-dealkylation sites (tertiary alicyclic amines) is 1. The van der Waals surface area contributed by atoms with Crippen molar-refractivity contribution in [2.45, 2.75) is 24.4 Å². The lowest BCUT2D eigenvalue weighted by Gasteiger charge is -2.42. The number of halogens is 4. The van der Waals surface area contributed by atoms with Gasteiger partial charge in [0.2, 0.25) is 10.0 Å². The van der Waals surface area contributed by atoms with E-state index in [4.69, 9.17) is 11.6 Å². The number of carbonyl (C=O) groups excluding carboxylic acids is 1. The maximum atomic E-state index is 15.0. The number of carbonyl (C=O) groups is 1. The van der Waals surface area contributed by atoms with Gasteiger partial charge in [0.1, 0.15) is 5.82 Å². The molecule has 13 heteroatoms. The number of benzene rings is 2. The van der Waals surface area contributed by atoms with Crippen molar-refractivity contribution in [3.05, 3.63) is 76.2 Å². The van der Waals surface area contributed by atoms with Gasteiger partial charge in [-0.1, -0.05) is 17.7 Å². The summed E-state index contributed by atoms with van der Waals surface area (Å²) in [6.45, 7) is 0.227. The molecule has 1 aliphatic rings. The Morgan fingerprint density at radius 2 is 1.84 bits per heavy atom. The lowest BCUT2D eigenvalue weighted by molar-refractivity contribution is 0.0867. The van der Waals surface area contributed by atoms with Crippen molar-refractivity contribution in [2.75, 3.05) is 26.4 Å². The molecule has 0 radical (unpaired) electrons. The minimum absolute atomic E-state index is 0.0520. The molecule has 1 unspecified atom stereocenters. The van der Waals surface area contributed by atoms with E-state index in [0.29, 0.717) is 11.3 Å². The maximum Gasteiger partial charge on any atom is 0.251 e. The second-order valence-corrected chi connectivity index (χ2v) is 11.7. The first-order valence-electron chi connectivity index (χ1n) is 11.7. The first-order chi connectivity index (χ1) is 17.9. The number of amides is 1. The molecule has 38 heavy (non-hydrogen) atoms. The Hall–Kier alpha value is -2.93. The predicted octanol–water partition coefficient (Wildman–Crippen LogP) is 3.29. The average Bonchev–Trinajstić information content (AvgIpc) is 3.20. The van der Waals surface area contributed by atoms with Crippen LogP contribution in [0.1, 0.15) is 28.3 Å². The molecule has 2 aromatic carbocycles. The molecule has 3 atom stereocenters. The molecular formula is C25H27ClF3N5O3S. The zero-order valence-corrected chi connectivity index (χ0v) is 22.5. The highest BCUT2D eigenvalue weighted by Gasteiger charge is 2.38. The highest BCUT2D eigenvalue weighted by molar-refractivity contribution is 7.89. The maximum absolute atomic E-state index is 15.0. The van der Waals surface area contributed by atoms with Gasteiger partial charge in [-0.3, -0.25) is 9.48 Å². The molecule has 1 aromatic heterocycles. The number of hydrogen-bond acceptors (Lipinski definition) is 5. The van der Waals surface area contributed by atoms with Gasteiger partial charge in [0.15, 0.2) is 11.6 Å². The zero-order chi connectivity index (χ0) is 27.8. The molecule has 0 bridgehead atoms. The molecule has 3 aromatic rings. The van der Waals surface area contributed by atoms with Crippen molar-refractivity contribution in [2.24, 2.45) is 7.05 Å². The molecule has 1 fully saturated rings. The normalized spacial score (nSPS) is 20.4. The summed E-state index contributed by atoms with van der Waals surface area (Å²) in [7, 11) is 1.10. The van der Waals surface area contributed by atoms with Crippen molar-refractivity contribution in [1.82, 2.24) is 24.7 Å². The molecule has 204 valence electrons.